The summed E-state index contributed by atoms with van der Waals surface area (Å²) in [4.78, 5) is 24.1. The van der Waals surface area contributed by atoms with E-state index in [9.17, 15) is 9.59 Å². The van der Waals surface area contributed by atoms with E-state index in [2.05, 4.69) is 0 Å². The smallest absolute Gasteiger partial charge is 0.258 e. The molecule has 16 heavy (non-hydrogen) atoms. The largest absolute Gasteiger partial charge is 0.493 e. The van der Waals surface area contributed by atoms with Gasteiger partial charge in [0.1, 0.15) is 5.75 Å². The first-order chi connectivity index (χ1) is 7.75. The molecule has 1 aromatic rings. The van der Waals surface area contributed by atoms with Crippen LogP contribution in [0.2, 0.25) is 0 Å². The Labute approximate surface area is 92.1 Å². The zero-order valence-corrected chi connectivity index (χ0v) is 8.47. The molecule has 0 atom stereocenters. The van der Waals surface area contributed by atoms with Crippen LogP contribution in [-0.4, -0.2) is 18.4 Å². The van der Waals surface area contributed by atoms with Crippen LogP contribution >= 0.6 is 0 Å². The van der Waals surface area contributed by atoms with Crippen molar-refractivity contribution in [1.29, 1.82) is 0 Å². The molecule has 0 fully saturated rings. The summed E-state index contributed by atoms with van der Waals surface area (Å²) in [5, 5.41) is 0. The van der Waals surface area contributed by atoms with Crippen LogP contribution < -0.4 is 9.64 Å². The summed E-state index contributed by atoms with van der Waals surface area (Å²) < 4.78 is 5.37. The number of ether oxygens (including phenoxy) is 1. The second kappa shape index (κ2) is 3.20. The van der Waals surface area contributed by atoms with Crippen LogP contribution in [0.3, 0.4) is 0 Å². The van der Waals surface area contributed by atoms with Crippen molar-refractivity contribution in [3.8, 4) is 5.75 Å². The van der Waals surface area contributed by atoms with Gasteiger partial charge in [-0.15, -0.1) is 0 Å². The third kappa shape index (κ3) is 1.23. The molecule has 0 N–H and O–H groups in total. The molecule has 80 valence electrons. The van der Waals surface area contributed by atoms with Gasteiger partial charge >= 0.3 is 0 Å². The van der Waals surface area contributed by atoms with Crippen LogP contribution in [0, 0.1) is 0 Å². The van der Waals surface area contributed by atoms with Crippen molar-refractivity contribution in [1.82, 2.24) is 0 Å². The summed E-state index contributed by atoms with van der Waals surface area (Å²) in [5.41, 5.74) is 1.66. The SMILES string of the molecule is O=C1C=CC(=O)N1c1ccc2c(c1)CCO2. The number of fused-ring (bicyclic) bond motifs is 1. The van der Waals surface area contributed by atoms with E-state index in [1.54, 1.807) is 12.1 Å². The van der Waals surface area contributed by atoms with E-state index in [1.807, 2.05) is 6.07 Å². The molecule has 4 heteroatoms. The lowest BCUT2D eigenvalue weighted by Crippen LogP contribution is -2.29. The van der Waals surface area contributed by atoms with Gasteiger partial charge in [-0.2, -0.15) is 0 Å². The molecule has 2 heterocycles. The van der Waals surface area contributed by atoms with E-state index in [1.165, 1.54) is 17.1 Å². The van der Waals surface area contributed by atoms with Crippen molar-refractivity contribution in [2.24, 2.45) is 0 Å². The molecule has 1 aromatic carbocycles. The fourth-order valence-corrected chi connectivity index (χ4v) is 1.97. The van der Waals surface area contributed by atoms with Gasteiger partial charge < -0.3 is 4.74 Å². The number of rotatable bonds is 1. The number of amides is 2. The quantitative estimate of drug-likeness (QED) is 0.658. The highest BCUT2D eigenvalue weighted by molar-refractivity contribution is 6.28. The van der Waals surface area contributed by atoms with Gasteiger partial charge in [0, 0.05) is 18.6 Å². The molecule has 0 radical (unpaired) electrons. The van der Waals surface area contributed by atoms with Gasteiger partial charge in [0.2, 0.25) is 0 Å². The number of nitrogens with zero attached hydrogens (tertiary/aromatic N) is 1. The molecule has 0 bridgehead atoms. The van der Waals surface area contributed by atoms with Crippen molar-refractivity contribution < 1.29 is 14.3 Å². The Morgan fingerprint density at radius 3 is 2.62 bits per heavy atom. The lowest BCUT2D eigenvalue weighted by atomic mass is 10.1. The van der Waals surface area contributed by atoms with Crippen LogP contribution in [-0.2, 0) is 16.0 Å². The number of carbonyl (C=O) groups is 2. The minimum atomic E-state index is -0.288. The number of anilines is 1. The maximum Gasteiger partial charge on any atom is 0.258 e. The standard InChI is InChI=1S/C12H9NO3/c14-11-3-4-12(15)13(11)9-1-2-10-8(7-9)5-6-16-10/h1-4,7H,5-6H2. The predicted molar refractivity (Wildman–Crippen MR) is 57.3 cm³/mol. The average molecular weight is 215 g/mol. The van der Waals surface area contributed by atoms with Crippen molar-refractivity contribution in [3.63, 3.8) is 0 Å². The summed E-state index contributed by atoms with van der Waals surface area (Å²) in [5.74, 6) is 0.267. The second-order valence-corrected chi connectivity index (χ2v) is 3.74. The number of hydrogen-bond donors (Lipinski definition) is 0. The number of carbonyl (C=O) groups excluding carboxylic acids is 2. The third-order valence-corrected chi connectivity index (χ3v) is 2.74. The van der Waals surface area contributed by atoms with Gasteiger partial charge in [-0.3, -0.25) is 9.59 Å². The highest BCUT2D eigenvalue weighted by Crippen LogP contribution is 2.30. The Morgan fingerprint density at radius 2 is 1.88 bits per heavy atom. The molecule has 0 spiro atoms. The Morgan fingerprint density at radius 1 is 1.12 bits per heavy atom. The zero-order valence-electron chi connectivity index (χ0n) is 8.47. The highest BCUT2D eigenvalue weighted by Gasteiger charge is 2.26. The lowest BCUT2D eigenvalue weighted by Gasteiger charge is -2.14. The van der Waals surface area contributed by atoms with Gasteiger partial charge in [0.05, 0.1) is 12.3 Å². The minimum Gasteiger partial charge on any atom is -0.493 e. The van der Waals surface area contributed by atoms with Crippen LogP contribution in [0.15, 0.2) is 30.4 Å². The van der Waals surface area contributed by atoms with Gasteiger partial charge in [-0.05, 0) is 23.8 Å². The monoisotopic (exact) mass is 215 g/mol. The van der Waals surface area contributed by atoms with Gasteiger partial charge in [-0.1, -0.05) is 0 Å². The predicted octanol–water partition coefficient (Wildman–Crippen LogP) is 1.05. The van der Waals surface area contributed by atoms with E-state index in [0.29, 0.717) is 12.3 Å². The van der Waals surface area contributed by atoms with Crippen molar-refractivity contribution in [2.75, 3.05) is 11.5 Å². The number of hydrogen-bond acceptors (Lipinski definition) is 3. The molecule has 0 aliphatic carbocycles. The first kappa shape index (κ1) is 9.15. The normalized spacial score (nSPS) is 17.9. The van der Waals surface area contributed by atoms with E-state index in [4.69, 9.17) is 4.74 Å². The molecule has 2 aliphatic rings. The zero-order chi connectivity index (χ0) is 11.1. The van der Waals surface area contributed by atoms with E-state index in [0.717, 1.165) is 17.7 Å². The number of benzene rings is 1. The third-order valence-electron chi connectivity index (χ3n) is 2.74. The fourth-order valence-electron chi connectivity index (χ4n) is 1.97. The molecule has 4 nitrogen and oxygen atoms in total. The molecule has 2 aliphatic heterocycles. The maximum absolute atomic E-state index is 11.5. The maximum atomic E-state index is 11.5. The molecule has 3 rings (SSSR count). The Hall–Kier alpha value is -2.10. The lowest BCUT2D eigenvalue weighted by molar-refractivity contribution is -0.119. The summed E-state index contributed by atoms with van der Waals surface area (Å²) in [6, 6.07) is 5.37. The first-order valence-electron chi connectivity index (χ1n) is 5.07. The van der Waals surface area contributed by atoms with Crippen molar-refractivity contribution in [3.05, 3.63) is 35.9 Å². The van der Waals surface area contributed by atoms with Gasteiger partial charge in [0.15, 0.2) is 0 Å². The van der Waals surface area contributed by atoms with Crippen LogP contribution in [0.5, 0.6) is 5.75 Å². The van der Waals surface area contributed by atoms with Gasteiger partial charge in [-0.25, -0.2) is 4.90 Å². The average Bonchev–Trinajstić information content (AvgIpc) is 2.85. The van der Waals surface area contributed by atoms with Crippen molar-refractivity contribution >= 4 is 17.5 Å². The minimum absolute atomic E-state index is 0.288. The van der Waals surface area contributed by atoms with Gasteiger partial charge in [0.25, 0.3) is 11.8 Å². The number of imide groups is 1. The van der Waals surface area contributed by atoms with Crippen LogP contribution in [0.4, 0.5) is 5.69 Å². The summed E-state index contributed by atoms with van der Waals surface area (Å²) >= 11 is 0. The molecule has 2 amide bonds. The van der Waals surface area contributed by atoms with Crippen LogP contribution in [0.25, 0.3) is 0 Å². The molecule has 0 aromatic heterocycles. The Bertz CT molecular complexity index is 501. The van der Waals surface area contributed by atoms with E-state index in [-0.39, 0.29) is 11.8 Å². The topological polar surface area (TPSA) is 46.6 Å². The fraction of sp³-hybridized carbons (Fsp3) is 0.167. The van der Waals surface area contributed by atoms with Crippen LogP contribution in [0.1, 0.15) is 5.56 Å². The van der Waals surface area contributed by atoms with E-state index >= 15 is 0 Å². The van der Waals surface area contributed by atoms with Crippen molar-refractivity contribution in [2.45, 2.75) is 6.42 Å². The highest BCUT2D eigenvalue weighted by atomic mass is 16.5. The molecule has 0 saturated carbocycles. The molecule has 0 unspecified atom stereocenters. The molecular formula is C12H9NO3. The summed E-state index contributed by atoms with van der Waals surface area (Å²) in [6.07, 6.45) is 3.39. The molecular weight excluding hydrogens is 206 g/mol. The molecule has 0 saturated heterocycles. The Kier molecular flexibility index (Phi) is 1.83. The Balaban J connectivity index is 2.02. The summed E-state index contributed by atoms with van der Waals surface area (Å²) in [6.45, 7) is 0.666. The van der Waals surface area contributed by atoms with E-state index < -0.39 is 0 Å². The summed E-state index contributed by atoms with van der Waals surface area (Å²) in [7, 11) is 0. The first-order valence-corrected chi connectivity index (χ1v) is 5.07. The second-order valence-electron chi connectivity index (χ2n) is 3.74.